The van der Waals surface area contributed by atoms with Crippen molar-refractivity contribution in [2.45, 2.75) is 51.9 Å². The van der Waals surface area contributed by atoms with Gasteiger partial charge in [-0.3, -0.25) is 4.79 Å². The van der Waals surface area contributed by atoms with Crippen LogP contribution in [0.3, 0.4) is 0 Å². The van der Waals surface area contributed by atoms with Crippen LogP contribution in [0.15, 0.2) is 41.0 Å². The molecule has 1 aromatic carbocycles. The predicted octanol–water partition coefficient (Wildman–Crippen LogP) is 4.09. The smallest absolute Gasteiger partial charge is 0.258 e. The first-order valence-electron chi connectivity index (χ1n) is 8.93. The Labute approximate surface area is 148 Å². The minimum absolute atomic E-state index is 0.206. The van der Waals surface area contributed by atoms with Crippen molar-refractivity contribution in [3.63, 3.8) is 0 Å². The molecule has 2 unspecified atom stereocenters. The first kappa shape index (κ1) is 17.7. The summed E-state index contributed by atoms with van der Waals surface area (Å²) in [6, 6.07) is 9.43. The quantitative estimate of drug-likeness (QED) is 0.829. The summed E-state index contributed by atoms with van der Waals surface area (Å²) in [5, 5.41) is 2.89. The van der Waals surface area contributed by atoms with E-state index in [0.717, 1.165) is 30.0 Å². The molecule has 1 aliphatic rings. The van der Waals surface area contributed by atoms with Gasteiger partial charge in [0, 0.05) is 5.69 Å². The monoisotopic (exact) mass is 342 g/mol. The normalized spacial score (nSPS) is 20.4. The third kappa shape index (κ3) is 4.94. The second-order valence-electron chi connectivity index (χ2n) is 6.87. The highest BCUT2D eigenvalue weighted by atomic mass is 16.5. The number of furan rings is 1. The molecule has 3 rings (SSSR count). The Morgan fingerprint density at radius 3 is 3.00 bits per heavy atom. The van der Waals surface area contributed by atoms with Crippen molar-refractivity contribution in [3.05, 3.63) is 53.5 Å². The summed E-state index contributed by atoms with van der Waals surface area (Å²) in [6.45, 7) is 3.14. The van der Waals surface area contributed by atoms with Crippen LogP contribution in [-0.4, -0.2) is 12.0 Å². The fourth-order valence-corrected chi connectivity index (χ4v) is 3.29. The molecule has 5 heteroatoms. The summed E-state index contributed by atoms with van der Waals surface area (Å²) in [5.74, 6) is 1.13. The number of hydrogen-bond acceptors (Lipinski definition) is 4. The van der Waals surface area contributed by atoms with Gasteiger partial charge in [-0.25, -0.2) is 0 Å². The van der Waals surface area contributed by atoms with E-state index in [9.17, 15) is 4.79 Å². The molecule has 5 nitrogen and oxygen atoms in total. The molecule has 1 heterocycles. The second-order valence-corrected chi connectivity index (χ2v) is 6.87. The number of anilines is 1. The van der Waals surface area contributed by atoms with Crippen molar-refractivity contribution in [1.29, 1.82) is 0 Å². The molecule has 3 N–H and O–H groups in total. The molecule has 2 aromatic rings. The maximum absolute atomic E-state index is 12.3. The second kappa shape index (κ2) is 8.32. The van der Waals surface area contributed by atoms with Gasteiger partial charge in [-0.1, -0.05) is 31.9 Å². The summed E-state index contributed by atoms with van der Waals surface area (Å²) < 4.78 is 11.3. The number of carbonyl (C=O) groups excluding carboxylic acids is 1. The van der Waals surface area contributed by atoms with Crippen molar-refractivity contribution >= 4 is 11.6 Å². The fraction of sp³-hybridized carbons (Fsp3) is 0.450. The number of amides is 1. The maximum Gasteiger partial charge on any atom is 0.258 e. The minimum Gasteiger partial charge on any atom is -0.467 e. The van der Waals surface area contributed by atoms with Gasteiger partial charge in [0.15, 0.2) is 0 Å². The van der Waals surface area contributed by atoms with Crippen LogP contribution in [0.4, 0.5) is 5.69 Å². The summed E-state index contributed by atoms with van der Waals surface area (Å²) in [5.41, 5.74) is 7.78. The van der Waals surface area contributed by atoms with E-state index in [4.69, 9.17) is 14.9 Å². The highest BCUT2D eigenvalue weighted by Gasteiger charge is 2.19. The molecule has 0 radical (unpaired) electrons. The number of nitrogens with one attached hydrogen (secondary N) is 1. The lowest BCUT2D eigenvalue weighted by atomic mass is 9.89. The molecular weight excluding hydrogens is 316 g/mol. The van der Waals surface area contributed by atoms with Crippen LogP contribution in [-0.2, 0) is 17.9 Å². The molecule has 1 amide bonds. The number of hydrogen-bond donors (Lipinski definition) is 2. The van der Waals surface area contributed by atoms with Crippen LogP contribution < -0.4 is 11.1 Å². The Morgan fingerprint density at radius 1 is 1.36 bits per heavy atom. The molecule has 25 heavy (non-hydrogen) atoms. The molecule has 1 aromatic heterocycles. The summed E-state index contributed by atoms with van der Waals surface area (Å²) in [4.78, 5) is 12.3. The highest BCUT2D eigenvalue weighted by molar-refractivity contribution is 6.04. The lowest BCUT2D eigenvalue weighted by Crippen LogP contribution is -2.21. The van der Waals surface area contributed by atoms with Crippen LogP contribution in [0, 0.1) is 5.92 Å². The average molecular weight is 342 g/mol. The van der Waals surface area contributed by atoms with Gasteiger partial charge >= 0.3 is 0 Å². The highest BCUT2D eigenvalue weighted by Crippen LogP contribution is 2.26. The Morgan fingerprint density at radius 2 is 2.24 bits per heavy atom. The van der Waals surface area contributed by atoms with E-state index in [1.54, 1.807) is 6.07 Å². The molecule has 0 spiro atoms. The zero-order valence-corrected chi connectivity index (χ0v) is 14.7. The van der Waals surface area contributed by atoms with Gasteiger partial charge < -0.3 is 20.2 Å². The van der Waals surface area contributed by atoms with Crippen LogP contribution >= 0.6 is 0 Å². The van der Waals surface area contributed by atoms with Crippen LogP contribution in [0.2, 0.25) is 0 Å². The molecule has 0 aliphatic heterocycles. The maximum atomic E-state index is 12.3. The van der Waals surface area contributed by atoms with E-state index in [2.05, 4.69) is 12.2 Å². The topological polar surface area (TPSA) is 77.5 Å². The zero-order valence-electron chi connectivity index (χ0n) is 14.7. The van der Waals surface area contributed by atoms with Gasteiger partial charge in [0.05, 0.1) is 24.8 Å². The van der Waals surface area contributed by atoms with Crippen molar-refractivity contribution < 1.29 is 13.9 Å². The van der Waals surface area contributed by atoms with Crippen LogP contribution in [0.5, 0.6) is 0 Å². The standard InChI is InChI=1S/C20H26N2O3/c1-14-4-2-7-18(8-14)24-12-15-5-3-6-17(9-15)22-20(23)16-10-19(11-21)25-13-16/h3,5-6,9-10,13-14,18H,2,4,7-8,11-12,21H2,1H3,(H,22,23). The minimum atomic E-state index is -0.206. The third-order valence-corrected chi connectivity index (χ3v) is 4.68. The van der Waals surface area contributed by atoms with Gasteiger partial charge in [0.2, 0.25) is 0 Å². The van der Waals surface area contributed by atoms with Crippen molar-refractivity contribution in [1.82, 2.24) is 0 Å². The Hall–Kier alpha value is -2.11. The number of benzene rings is 1. The molecule has 134 valence electrons. The van der Waals surface area contributed by atoms with Crippen molar-refractivity contribution in [2.75, 3.05) is 5.32 Å². The summed E-state index contributed by atoms with van der Waals surface area (Å²) in [6.07, 6.45) is 6.61. The third-order valence-electron chi connectivity index (χ3n) is 4.68. The van der Waals surface area contributed by atoms with E-state index < -0.39 is 0 Å². The molecule has 1 saturated carbocycles. The lowest BCUT2D eigenvalue weighted by molar-refractivity contribution is 0.00468. The zero-order chi connectivity index (χ0) is 17.6. The van der Waals surface area contributed by atoms with Crippen molar-refractivity contribution in [2.24, 2.45) is 11.7 Å². The molecule has 1 fully saturated rings. The lowest BCUT2D eigenvalue weighted by Gasteiger charge is -2.26. The van der Waals surface area contributed by atoms with E-state index in [1.165, 1.54) is 19.1 Å². The predicted molar refractivity (Wildman–Crippen MR) is 97.2 cm³/mol. The van der Waals surface area contributed by atoms with E-state index in [-0.39, 0.29) is 12.5 Å². The molecule has 0 saturated heterocycles. The SMILES string of the molecule is CC1CCCC(OCc2cccc(NC(=O)c3coc(CN)c3)c2)C1. The van der Waals surface area contributed by atoms with Gasteiger partial charge in [-0.2, -0.15) is 0 Å². The van der Waals surface area contributed by atoms with Gasteiger partial charge in [0.25, 0.3) is 5.91 Å². The Balaban J connectivity index is 1.56. The number of rotatable bonds is 6. The first-order chi connectivity index (χ1) is 12.1. The summed E-state index contributed by atoms with van der Waals surface area (Å²) >= 11 is 0. The molecular formula is C20H26N2O3. The average Bonchev–Trinajstić information content (AvgIpc) is 3.10. The van der Waals surface area contributed by atoms with Crippen LogP contribution in [0.25, 0.3) is 0 Å². The largest absolute Gasteiger partial charge is 0.467 e. The van der Waals surface area contributed by atoms with E-state index in [0.29, 0.717) is 24.0 Å². The molecule has 2 atom stereocenters. The Kier molecular flexibility index (Phi) is 5.89. The summed E-state index contributed by atoms with van der Waals surface area (Å²) in [7, 11) is 0. The van der Waals surface area contributed by atoms with Crippen molar-refractivity contribution in [3.8, 4) is 0 Å². The molecule has 1 aliphatic carbocycles. The Bertz CT molecular complexity index is 710. The number of nitrogens with two attached hydrogens (primary N) is 1. The van der Waals surface area contributed by atoms with E-state index >= 15 is 0 Å². The number of ether oxygens (including phenoxy) is 1. The van der Waals surface area contributed by atoms with Gasteiger partial charge in [0.1, 0.15) is 12.0 Å². The van der Waals surface area contributed by atoms with Gasteiger partial charge in [-0.15, -0.1) is 0 Å². The molecule has 0 bridgehead atoms. The number of carbonyl (C=O) groups is 1. The first-order valence-corrected chi connectivity index (χ1v) is 8.93. The fourth-order valence-electron chi connectivity index (χ4n) is 3.29. The van der Waals surface area contributed by atoms with Gasteiger partial charge in [-0.05, 0) is 42.5 Å². The van der Waals surface area contributed by atoms with E-state index in [1.807, 2.05) is 24.3 Å². The van der Waals surface area contributed by atoms with Crippen LogP contribution in [0.1, 0.15) is 54.3 Å².